The minimum Gasteiger partial charge on any atom is -0.492 e. The molecule has 1 saturated carbocycles. The molecule has 2 aliphatic rings. The van der Waals surface area contributed by atoms with Crippen LogP contribution in [0.15, 0.2) is 18.2 Å². The van der Waals surface area contributed by atoms with Crippen LogP contribution in [-0.4, -0.2) is 41.2 Å². The summed E-state index contributed by atoms with van der Waals surface area (Å²) in [7, 11) is 0. The molecule has 3 atom stereocenters. The number of halogens is 2. The van der Waals surface area contributed by atoms with Gasteiger partial charge in [0.05, 0.1) is 23.8 Å². The van der Waals surface area contributed by atoms with Crippen LogP contribution in [0.1, 0.15) is 25.7 Å². The molecule has 3 unspecified atom stereocenters. The predicted octanol–water partition coefficient (Wildman–Crippen LogP) is 3.13. The first-order valence-corrected chi connectivity index (χ1v) is 8.37. The third kappa shape index (κ3) is 3.19. The molecule has 4 nitrogen and oxygen atoms in total. The first-order chi connectivity index (χ1) is 10.6. The number of hydrogen-bond donors (Lipinski definition) is 1. The third-order valence-corrected chi connectivity index (χ3v) is 5.08. The average Bonchev–Trinajstić information content (AvgIpc) is 3.00. The van der Waals surface area contributed by atoms with E-state index in [1.807, 2.05) is 4.90 Å². The molecular formula is C16H19Cl2NO3. The molecule has 2 bridgehead atoms. The molecule has 1 aliphatic carbocycles. The van der Waals surface area contributed by atoms with Crippen molar-refractivity contribution in [1.82, 2.24) is 4.90 Å². The SMILES string of the molecule is O=C(CCCOc1ccc(Cl)cc1Cl)N1CC2CCC1C2O. The lowest BCUT2D eigenvalue weighted by molar-refractivity contribution is -0.133. The molecule has 0 spiro atoms. The minimum atomic E-state index is -0.326. The maximum absolute atomic E-state index is 12.2. The van der Waals surface area contributed by atoms with Crippen LogP contribution in [0, 0.1) is 5.92 Å². The van der Waals surface area contributed by atoms with E-state index in [0.717, 1.165) is 12.8 Å². The van der Waals surface area contributed by atoms with Gasteiger partial charge in [-0.25, -0.2) is 0 Å². The highest BCUT2D eigenvalue weighted by Gasteiger charge is 2.47. The summed E-state index contributed by atoms with van der Waals surface area (Å²) in [6, 6.07) is 5.11. The summed E-state index contributed by atoms with van der Waals surface area (Å²) < 4.78 is 5.58. The molecule has 1 aromatic rings. The van der Waals surface area contributed by atoms with Gasteiger partial charge in [-0.2, -0.15) is 0 Å². The number of nitrogens with zero attached hydrogens (tertiary/aromatic N) is 1. The average molecular weight is 344 g/mol. The Bertz CT molecular complexity index is 566. The molecule has 22 heavy (non-hydrogen) atoms. The maximum atomic E-state index is 12.2. The summed E-state index contributed by atoms with van der Waals surface area (Å²) in [4.78, 5) is 14.1. The molecule has 0 radical (unpaired) electrons. The van der Waals surface area contributed by atoms with Crippen LogP contribution in [0.3, 0.4) is 0 Å². The van der Waals surface area contributed by atoms with Crippen LogP contribution in [0.25, 0.3) is 0 Å². The number of aliphatic hydroxyl groups excluding tert-OH is 1. The number of rotatable bonds is 5. The molecule has 1 saturated heterocycles. The van der Waals surface area contributed by atoms with Gasteiger partial charge in [0.1, 0.15) is 5.75 Å². The molecule has 1 aliphatic heterocycles. The second-order valence-corrected chi connectivity index (χ2v) is 6.81. The standard InChI is InChI=1S/C16H19Cl2NO3/c17-11-4-6-14(12(18)8-11)22-7-1-2-15(20)19-9-10-3-5-13(19)16(10)21/h4,6,8,10,13,16,21H,1-3,5,7,9H2. The van der Waals surface area contributed by atoms with Crippen molar-refractivity contribution in [2.24, 2.45) is 5.92 Å². The highest BCUT2D eigenvalue weighted by atomic mass is 35.5. The second-order valence-electron chi connectivity index (χ2n) is 5.97. The van der Waals surface area contributed by atoms with E-state index in [1.54, 1.807) is 18.2 Å². The van der Waals surface area contributed by atoms with E-state index in [9.17, 15) is 9.90 Å². The van der Waals surface area contributed by atoms with Crippen molar-refractivity contribution in [1.29, 1.82) is 0 Å². The summed E-state index contributed by atoms with van der Waals surface area (Å²) in [5, 5.41) is 11.0. The Morgan fingerprint density at radius 3 is 2.82 bits per heavy atom. The lowest BCUT2D eigenvalue weighted by atomic mass is 10.1. The van der Waals surface area contributed by atoms with E-state index in [1.165, 1.54) is 0 Å². The van der Waals surface area contributed by atoms with Crippen molar-refractivity contribution < 1.29 is 14.6 Å². The maximum Gasteiger partial charge on any atom is 0.223 e. The quantitative estimate of drug-likeness (QED) is 0.835. The number of amides is 1. The Labute approximate surface area is 140 Å². The summed E-state index contributed by atoms with van der Waals surface area (Å²) in [6.45, 7) is 1.13. The number of likely N-dealkylation sites (tertiary alicyclic amines) is 1. The number of carbonyl (C=O) groups is 1. The summed E-state index contributed by atoms with van der Waals surface area (Å²) >= 11 is 11.8. The molecule has 0 aromatic heterocycles. The van der Waals surface area contributed by atoms with E-state index in [-0.39, 0.29) is 24.0 Å². The molecule has 1 N–H and O–H groups in total. The van der Waals surface area contributed by atoms with Crippen LogP contribution in [-0.2, 0) is 4.79 Å². The van der Waals surface area contributed by atoms with Gasteiger partial charge < -0.3 is 14.7 Å². The van der Waals surface area contributed by atoms with Crippen molar-refractivity contribution >= 4 is 29.1 Å². The molecule has 120 valence electrons. The van der Waals surface area contributed by atoms with Crippen molar-refractivity contribution in [2.75, 3.05) is 13.2 Å². The van der Waals surface area contributed by atoms with Crippen molar-refractivity contribution in [3.8, 4) is 5.75 Å². The predicted molar refractivity (Wildman–Crippen MR) is 85.4 cm³/mol. The normalized spacial score (nSPS) is 26.5. The second kappa shape index (κ2) is 6.65. The van der Waals surface area contributed by atoms with Crippen LogP contribution in [0.5, 0.6) is 5.75 Å². The van der Waals surface area contributed by atoms with Gasteiger partial charge in [-0.1, -0.05) is 23.2 Å². The first-order valence-electron chi connectivity index (χ1n) is 7.61. The van der Waals surface area contributed by atoms with Gasteiger partial charge in [0.15, 0.2) is 0 Å². The van der Waals surface area contributed by atoms with Gasteiger partial charge in [0.25, 0.3) is 0 Å². The topological polar surface area (TPSA) is 49.8 Å². The van der Waals surface area contributed by atoms with Gasteiger partial charge in [-0.3, -0.25) is 4.79 Å². The zero-order valence-electron chi connectivity index (χ0n) is 12.2. The fraction of sp³-hybridized carbons (Fsp3) is 0.562. The van der Waals surface area contributed by atoms with Crippen molar-refractivity contribution in [3.05, 3.63) is 28.2 Å². The minimum absolute atomic E-state index is 0.0316. The fourth-order valence-electron chi connectivity index (χ4n) is 3.40. The number of benzene rings is 1. The number of carbonyl (C=O) groups excluding carboxylic acids is 1. The molecule has 3 rings (SSSR count). The number of fused-ring (bicyclic) bond motifs is 2. The van der Waals surface area contributed by atoms with Gasteiger partial charge in [0, 0.05) is 23.9 Å². The van der Waals surface area contributed by atoms with Gasteiger partial charge in [-0.05, 0) is 37.5 Å². The fourth-order valence-corrected chi connectivity index (χ4v) is 3.86. The monoisotopic (exact) mass is 343 g/mol. The third-order valence-electron chi connectivity index (χ3n) is 4.55. The highest BCUT2D eigenvalue weighted by Crippen LogP contribution is 2.38. The molecular weight excluding hydrogens is 325 g/mol. The van der Waals surface area contributed by atoms with Crippen molar-refractivity contribution in [2.45, 2.75) is 37.8 Å². The number of ether oxygens (including phenoxy) is 1. The zero-order chi connectivity index (χ0) is 15.7. The van der Waals surface area contributed by atoms with E-state index < -0.39 is 0 Å². The van der Waals surface area contributed by atoms with E-state index >= 15 is 0 Å². The van der Waals surface area contributed by atoms with Gasteiger partial charge >= 0.3 is 0 Å². The molecule has 1 aromatic carbocycles. The Kier molecular flexibility index (Phi) is 4.81. The number of piperidine rings is 1. The Morgan fingerprint density at radius 1 is 1.36 bits per heavy atom. The molecule has 1 amide bonds. The summed E-state index contributed by atoms with van der Waals surface area (Å²) in [5.74, 6) is 0.962. The van der Waals surface area contributed by atoms with Crippen LogP contribution in [0.2, 0.25) is 10.0 Å². The van der Waals surface area contributed by atoms with Crippen LogP contribution in [0.4, 0.5) is 0 Å². The first kappa shape index (κ1) is 15.9. The number of hydrogen-bond acceptors (Lipinski definition) is 3. The summed E-state index contributed by atoms with van der Waals surface area (Å²) in [6.07, 6.45) is 2.69. The Hall–Kier alpha value is -0.970. The van der Waals surface area contributed by atoms with Crippen molar-refractivity contribution in [3.63, 3.8) is 0 Å². The van der Waals surface area contributed by atoms with Crippen LogP contribution < -0.4 is 4.74 Å². The molecule has 6 heteroatoms. The van der Waals surface area contributed by atoms with Gasteiger partial charge in [0.2, 0.25) is 5.91 Å². The Morgan fingerprint density at radius 2 is 2.18 bits per heavy atom. The van der Waals surface area contributed by atoms with Gasteiger partial charge in [-0.15, -0.1) is 0 Å². The van der Waals surface area contributed by atoms with E-state index in [2.05, 4.69) is 0 Å². The lowest BCUT2D eigenvalue weighted by Gasteiger charge is -2.26. The molecule has 1 heterocycles. The van der Waals surface area contributed by atoms with E-state index in [0.29, 0.717) is 41.8 Å². The summed E-state index contributed by atoms with van der Waals surface area (Å²) in [5.41, 5.74) is 0. The molecule has 2 fully saturated rings. The Balaban J connectivity index is 1.43. The van der Waals surface area contributed by atoms with E-state index in [4.69, 9.17) is 27.9 Å². The smallest absolute Gasteiger partial charge is 0.223 e. The largest absolute Gasteiger partial charge is 0.492 e. The highest BCUT2D eigenvalue weighted by molar-refractivity contribution is 6.35. The zero-order valence-corrected chi connectivity index (χ0v) is 13.7. The van der Waals surface area contributed by atoms with Crippen LogP contribution >= 0.6 is 23.2 Å². The lowest BCUT2D eigenvalue weighted by Crippen LogP contribution is -2.39. The number of aliphatic hydroxyl groups is 1.